The Bertz CT molecular complexity index is 824. The van der Waals surface area contributed by atoms with Crippen LogP contribution < -0.4 is 5.32 Å². The van der Waals surface area contributed by atoms with E-state index in [9.17, 15) is 0 Å². The summed E-state index contributed by atoms with van der Waals surface area (Å²) >= 11 is 1.59. The van der Waals surface area contributed by atoms with Gasteiger partial charge in [-0.15, -0.1) is 10.2 Å². The molecule has 108 valence electrons. The van der Waals surface area contributed by atoms with Gasteiger partial charge in [-0.2, -0.15) is 9.61 Å². The van der Waals surface area contributed by atoms with Gasteiger partial charge in [-0.1, -0.05) is 44.2 Å². The number of benzene rings is 1. The van der Waals surface area contributed by atoms with Gasteiger partial charge in [0.05, 0.1) is 0 Å². The molecule has 0 unspecified atom stereocenters. The summed E-state index contributed by atoms with van der Waals surface area (Å²) in [5, 5.41) is 17.6. The van der Waals surface area contributed by atoms with Gasteiger partial charge in [0, 0.05) is 24.1 Å². The van der Waals surface area contributed by atoms with E-state index in [0.29, 0.717) is 0 Å². The van der Waals surface area contributed by atoms with Crippen molar-refractivity contribution in [2.75, 3.05) is 0 Å². The SMILES string of the molecule is CC(C)(C)c1nnc2sc(-c3ccc4c(c3)CNC4)nn12. The van der Waals surface area contributed by atoms with Crippen LogP contribution in [-0.2, 0) is 18.5 Å². The minimum Gasteiger partial charge on any atom is -0.309 e. The molecule has 1 N–H and O–H groups in total. The van der Waals surface area contributed by atoms with Crippen molar-refractivity contribution in [3.05, 3.63) is 35.2 Å². The largest absolute Gasteiger partial charge is 0.309 e. The second-order valence-corrected chi connectivity index (χ2v) is 7.42. The van der Waals surface area contributed by atoms with E-state index in [1.54, 1.807) is 11.3 Å². The van der Waals surface area contributed by atoms with Gasteiger partial charge in [0.15, 0.2) is 5.82 Å². The Morgan fingerprint density at radius 1 is 1.14 bits per heavy atom. The van der Waals surface area contributed by atoms with Crippen LogP contribution in [0.25, 0.3) is 15.5 Å². The molecule has 5 nitrogen and oxygen atoms in total. The number of hydrogen-bond donors (Lipinski definition) is 1. The molecule has 0 bridgehead atoms. The highest BCUT2D eigenvalue weighted by molar-refractivity contribution is 7.19. The van der Waals surface area contributed by atoms with E-state index in [4.69, 9.17) is 5.10 Å². The molecule has 0 atom stereocenters. The van der Waals surface area contributed by atoms with Crippen LogP contribution in [0.5, 0.6) is 0 Å². The summed E-state index contributed by atoms with van der Waals surface area (Å²) in [6.07, 6.45) is 0. The van der Waals surface area contributed by atoms with E-state index in [0.717, 1.165) is 34.4 Å². The van der Waals surface area contributed by atoms with E-state index in [2.05, 4.69) is 54.5 Å². The Morgan fingerprint density at radius 3 is 2.76 bits per heavy atom. The molecule has 1 aromatic carbocycles. The number of aromatic nitrogens is 4. The third-order valence-electron chi connectivity index (χ3n) is 3.75. The number of nitrogens with zero attached hydrogens (tertiary/aromatic N) is 4. The molecule has 4 rings (SSSR count). The lowest BCUT2D eigenvalue weighted by atomic mass is 9.96. The highest BCUT2D eigenvalue weighted by atomic mass is 32.1. The molecule has 0 fully saturated rings. The first kappa shape index (κ1) is 12.9. The molecule has 0 amide bonds. The van der Waals surface area contributed by atoms with Crippen LogP contribution in [-0.4, -0.2) is 19.8 Å². The van der Waals surface area contributed by atoms with Crippen LogP contribution in [0.4, 0.5) is 0 Å². The Morgan fingerprint density at radius 2 is 1.95 bits per heavy atom. The van der Waals surface area contributed by atoms with Crippen LogP contribution in [0.2, 0.25) is 0 Å². The first-order valence-electron chi connectivity index (χ1n) is 7.08. The van der Waals surface area contributed by atoms with E-state index in [1.165, 1.54) is 11.1 Å². The summed E-state index contributed by atoms with van der Waals surface area (Å²) in [5.41, 5.74) is 3.85. The summed E-state index contributed by atoms with van der Waals surface area (Å²) in [6, 6.07) is 6.57. The fourth-order valence-electron chi connectivity index (χ4n) is 2.63. The first-order chi connectivity index (χ1) is 10.0. The van der Waals surface area contributed by atoms with Gasteiger partial charge < -0.3 is 5.32 Å². The Balaban J connectivity index is 1.82. The van der Waals surface area contributed by atoms with Crippen molar-refractivity contribution in [1.29, 1.82) is 0 Å². The van der Waals surface area contributed by atoms with Gasteiger partial charge in [0.2, 0.25) is 4.96 Å². The summed E-state index contributed by atoms with van der Waals surface area (Å²) in [6.45, 7) is 8.30. The fraction of sp³-hybridized carbons (Fsp3) is 0.400. The van der Waals surface area contributed by atoms with Gasteiger partial charge in [-0.05, 0) is 17.2 Å². The van der Waals surface area contributed by atoms with E-state index >= 15 is 0 Å². The topological polar surface area (TPSA) is 55.1 Å². The Kier molecular flexibility index (Phi) is 2.68. The quantitative estimate of drug-likeness (QED) is 0.750. The lowest BCUT2D eigenvalue weighted by Gasteiger charge is -2.13. The smallest absolute Gasteiger partial charge is 0.235 e. The predicted octanol–water partition coefficient (Wildman–Crippen LogP) is 2.75. The zero-order valence-electron chi connectivity index (χ0n) is 12.3. The molecule has 6 heteroatoms. The lowest BCUT2D eigenvalue weighted by Crippen LogP contribution is -2.16. The average Bonchev–Trinajstić information content (AvgIpc) is 3.10. The van der Waals surface area contributed by atoms with Crippen LogP contribution in [0.1, 0.15) is 37.7 Å². The van der Waals surface area contributed by atoms with Gasteiger partial charge >= 0.3 is 0 Å². The standard InChI is InChI=1S/C15H17N5S/c1-15(2,3)13-17-18-14-20(13)19-12(21-14)9-4-5-10-7-16-8-11(10)6-9/h4-6,16H,7-8H2,1-3H3. The maximum Gasteiger partial charge on any atom is 0.235 e. The van der Waals surface area contributed by atoms with Crippen molar-refractivity contribution in [3.63, 3.8) is 0 Å². The lowest BCUT2D eigenvalue weighted by molar-refractivity contribution is 0.528. The predicted molar refractivity (Wildman–Crippen MR) is 83.3 cm³/mol. The summed E-state index contributed by atoms with van der Waals surface area (Å²) in [5.74, 6) is 0.905. The van der Waals surface area contributed by atoms with Crippen LogP contribution in [0, 0.1) is 0 Å². The number of fused-ring (bicyclic) bond motifs is 2. The Hall–Kier alpha value is -1.79. The van der Waals surface area contributed by atoms with Crippen LogP contribution >= 0.6 is 11.3 Å². The van der Waals surface area contributed by atoms with Crippen molar-refractivity contribution in [3.8, 4) is 10.6 Å². The average molecular weight is 299 g/mol. The number of hydrogen-bond acceptors (Lipinski definition) is 5. The highest BCUT2D eigenvalue weighted by Gasteiger charge is 2.23. The molecule has 0 spiro atoms. The summed E-state index contributed by atoms with van der Waals surface area (Å²) in [7, 11) is 0. The number of rotatable bonds is 1. The molecular formula is C15H17N5S. The highest BCUT2D eigenvalue weighted by Crippen LogP contribution is 2.30. The van der Waals surface area contributed by atoms with Crippen molar-refractivity contribution in [1.82, 2.24) is 25.1 Å². The monoisotopic (exact) mass is 299 g/mol. The number of nitrogens with one attached hydrogen (secondary N) is 1. The molecule has 1 aliphatic rings. The van der Waals surface area contributed by atoms with Crippen molar-refractivity contribution in [2.45, 2.75) is 39.3 Å². The summed E-state index contributed by atoms with van der Waals surface area (Å²) in [4.78, 5) is 0.855. The van der Waals surface area contributed by atoms with Crippen molar-refractivity contribution >= 4 is 16.3 Å². The maximum absolute atomic E-state index is 4.72. The molecule has 0 aliphatic carbocycles. The van der Waals surface area contributed by atoms with Crippen molar-refractivity contribution < 1.29 is 0 Å². The first-order valence-corrected chi connectivity index (χ1v) is 7.90. The van der Waals surface area contributed by atoms with Gasteiger partial charge in [-0.3, -0.25) is 0 Å². The van der Waals surface area contributed by atoms with Gasteiger partial charge in [0.25, 0.3) is 0 Å². The van der Waals surface area contributed by atoms with E-state index in [1.807, 2.05) is 4.52 Å². The molecule has 0 saturated heterocycles. The van der Waals surface area contributed by atoms with Gasteiger partial charge in [-0.25, -0.2) is 0 Å². The van der Waals surface area contributed by atoms with Crippen LogP contribution in [0.15, 0.2) is 18.2 Å². The molecule has 1 aliphatic heterocycles. The minimum absolute atomic E-state index is 0.0629. The molecule has 3 heterocycles. The van der Waals surface area contributed by atoms with E-state index in [-0.39, 0.29) is 5.41 Å². The minimum atomic E-state index is -0.0629. The zero-order chi connectivity index (χ0) is 14.6. The normalized spacial score (nSPS) is 14.8. The third-order valence-corrected chi connectivity index (χ3v) is 4.69. The van der Waals surface area contributed by atoms with Crippen LogP contribution in [0.3, 0.4) is 0 Å². The zero-order valence-corrected chi connectivity index (χ0v) is 13.2. The molecular weight excluding hydrogens is 282 g/mol. The molecule has 0 radical (unpaired) electrons. The summed E-state index contributed by atoms with van der Waals surface area (Å²) < 4.78 is 1.88. The molecule has 3 aromatic rings. The molecule has 21 heavy (non-hydrogen) atoms. The van der Waals surface area contributed by atoms with Gasteiger partial charge in [0.1, 0.15) is 5.01 Å². The maximum atomic E-state index is 4.72. The second kappa shape index (κ2) is 4.35. The Labute approximate surface area is 127 Å². The fourth-order valence-corrected chi connectivity index (χ4v) is 3.46. The second-order valence-electron chi connectivity index (χ2n) is 6.46. The van der Waals surface area contributed by atoms with E-state index < -0.39 is 0 Å². The molecule has 0 saturated carbocycles. The van der Waals surface area contributed by atoms with Crippen molar-refractivity contribution in [2.24, 2.45) is 0 Å². The third kappa shape index (κ3) is 2.06. The molecule has 2 aromatic heterocycles.